The van der Waals surface area contributed by atoms with Gasteiger partial charge in [-0.1, -0.05) is 77.8 Å². The summed E-state index contributed by atoms with van der Waals surface area (Å²) in [6.45, 7) is 1.56. The van der Waals surface area contributed by atoms with Gasteiger partial charge in [0, 0.05) is 24.1 Å². The molecule has 4 aromatic rings. The Kier molecular flexibility index (Phi) is 6.17. The molecule has 4 nitrogen and oxygen atoms in total. The van der Waals surface area contributed by atoms with Crippen molar-refractivity contribution in [3.05, 3.63) is 100 Å². The molecule has 3 aromatic carbocycles. The first-order chi connectivity index (χ1) is 15.7. The van der Waals surface area contributed by atoms with E-state index in [0.29, 0.717) is 28.6 Å². The maximum absolute atomic E-state index is 6.27. The van der Waals surface area contributed by atoms with Crippen molar-refractivity contribution in [3.63, 3.8) is 0 Å². The van der Waals surface area contributed by atoms with Gasteiger partial charge in [-0.3, -0.25) is 0 Å². The van der Waals surface area contributed by atoms with Crippen molar-refractivity contribution in [2.75, 3.05) is 13.2 Å². The van der Waals surface area contributed by atoms with E-state index in [4.69, 9.17) is 33.0 Å². The second-order valence-electron chi connectivity index (χ2n) is 7.84. The van der Waals surface area contributed by atoms with Crippen molar-refractivity contribution in [2.45, 2.75) is 18.9 Å². The summed E-state index contributed by atoms with van der Waals surface area (Å²) in [5, 5.41) is 9.34. The smallest absolute Gasteiger partial charge is 0.233 e. The van der Waals surface area contributed by atoms with Crippen molar-refractivity contribution in [3.8, 4) is 22.8 Å². The molecule has 1 aromatic heterocycles. The minimum atomic E-state index is 0.297. The number of rotatable bonds is 6. The summed E-state index contributed by atoms with van der Waals surface area (Å²) >= 11 is 12.4. The Labute approximate surface area is 197 Å². The fraction of sp³-hybridized carbons (Fsp3) is 0.192. The van der Waals surface area contributed by atoms with Crippen LogP contribution in [0, 0.1) is 0 Å². The van der Waals surface area contributed by atoms with Gasteiger partial charge < -0.3 is 10.1 Å². The second-order valence-corrected chi connectivity index (χ2v) is 8.65. The number of ether oxygens (including phenoxy) is 1. The molecule has 0 aliphatic carbocycles. The van der Waals surface area contributed by atoms with Crippen LogP contribution < -0.4 is 10.1 Å². The lowest BCUT2D eigenvalue weighted by molar-refractivity contribution is 0.273. The molecule has 5 rings (SSSR count). The summed E-state index contributed by atoms with van der Waals surface area (Å²) in [6.07, 6.45) is 1.94. The van der Waals surface area contributed by atoms with Gasteiger partial charge >= 0.3 is 0 Å². The standard InChI is InChI=1S/C26H23Cl2N3O/c27-22-11-10-20(16-23(22)28)31-25(19-7-2-1-3-8-19)17-26(30-31)32-15-13-24-21-9-5-4-6-18(21)12-14-29-24/h1-11,16-17,24,29H,12-15H2. The van der Waals surface area contributed by atoms with E-state index in [1.165, 1.54) is 11.1 Å². The molecule has 1 unspecified atom stereocenters. The number of fused-ring (bicyclic) bond motifs is 1. The summed E-state index contributed by atoms with van der Waals surface area (Å²) < 4.78 is 7.96. The van der Waals surface area contributed by atoms with Crippen LogP contribution in [-0.4, -0.2) is 22.9 Å². The van der Waals surface area contributed by atoms with Crippen LogP contribution in [0.3, 0.4) is 0 Å². The third-order valence-electron chi connectivity index (χ3n) is 5.78. The van der Waals surface area contributed by atoms with Gasteiger partial charge in [-0.25, -0.2) is 4.68 Å². The maximum Gasteiger partial charge on any atom is 0.233 e. The molecule has 0 radical (unpaired) electrons. The molecular weight excluding hydrogens is 441 g/mol. The van der Waals surface area contributed by atoms with Gasteiger partial charge in [-0.15, -0.1) is 5.10 Å². The minimum absolute atomic E-state index is 0.297. The topological polar surface area (TPSA) is 39.1 Å². The van der Waals surface area contributed by atoms with E-state index < -0.39 is 0 Å². The van der Waals surface area contributed by atoms with Gasteiger partial charge in [-0.05, 0) is 42.3 Å². The number of nitrogens with zero attached hydrogens (tertiary/aromatic N) is 2. The van der Waals surface area contributed by atoms with E-state index in [9.17, 15) is 0 Å². The number of benzene rings is 3. The van der Waals surface area contributed by atoms with Crippen LogP contribution >= 0.6 is 23.2 Å². The summed E-state index contributed by atoms with van der Waals surface area (Å²) in [5.74, 6) is 0.582. The monoisotopic (exact) mass is 463 g/mol. The van der Waals surface area contributed by atoms with Crippen molar-refractivity contribution in [1.29, 1.82) is 0 Å². The Morgan fingerprint density at radius 2 is 1.75 bits per heavy atom. The molecule has 162 valence electrons. The van der Waals surface area contributed by atoms with Crippen molar-refractivity contribution < 1.29 is 4.74 Å². The highest BCUT2D eigenvalue weighted by Crippen LogP contribution is 2.31. The number of aromatic nitrogens is 2. The third kappa shape index (κ3) is 4.40. The van der Waals surface area contributed by atoms with Crippen molar-refractivity contribution in [2.24, 2.45) is 0 Å². The molecule has 0 saturated heterocycles. The van der Waals surface area contributed by atoms with Gasteiger partial charge in [0.1, 0.15) is 0 Å². The predicted molar refractivity (Wildman–Crippen MR) is 130 cm³/mol. The molecular formula is C26H23Cl2N3O. The predicted octanol–water partition coefficient (Wildman–Crippen LogP) is 6.50. The SMILES string of the molecule is Clc1ccc(-n2nc(OCCC3NCCc4ccccc43)cc2-c2ccccc2)cc1Cl. The zero-order valence-electron chi connectivity index (χ0n) is 17.5. The molecule has 1 atom stereocenters. The van der Waals surface area contributed by atoms with Crippen LogP contribution in [0.4, 0.5) is 0 Å². The lowest BCUT2D eigenvalue weighted by Crippen LogP contribution is -2.30. The van der Waals surface area contributed by atoms with E-state index >= 15 is 0 Å². The Bertz CT molecular complexity index is 1220. The van der Waals surface area contributed by atoms with Crippen LogP contribution in [0.25, 0.3) is 16.9 Å². The molecule has 6 heteroatoms. The first-order valence-corrected chi connectivity index (χ1v) is 11.5. The Morgan fingerprint density at radius 3 is 2.59 bits per heavy atom. The molecule has 0 saturated carbocycles. The first-order valence-electron chi connectivity index (χ1n) is 10.7. The van der Waals surface area contributed by atoms with Crippen LogP contribution in [0.1, 0.15) is 23.6 Å². The van der Waals surface area contributed by atoms with Crippen LogP contribution in [0.2, 0.25) is 10.0 Å². The zero-order valence-corrected chi connectivity index (χ0v) is 19.0. The molecule has 1 N–H and O–H groups in total. The summed E-state index contributed by atoms with van der Waals surface area (Å²) in [7, 11) is 0. The van der Waals surface area contributed by atoms with Gasteiger partial charge in [0.05, 0.1) is 28.0 Å². The highest BCUT2D eigenvalue weighted by Gasteiger charge is 2.19. The lowest BCUT2D eigenvalue weighted by atomic mass is 9.93. The van der Waals surface area contributed by atoms with Gasteiger partial charge in [0.2, 0.25) is 5.88 Å². The van der Waals surface area contributed by atoms with E-state index in [2.05, 4.69) is 41.7 Å². The summed E-state index contributed by atoms with van der Waals surface area (Å²) in [4.78, 5) is 0. The normalized spacial score (nSPS) is 15.4. The van der Waals surface area contributed by atoms with E-state index in [-0.39, 0.29) is 0 Å². The molecule has 0 fully saturated rings. The Balaban J connectivity index is 1.38. The fourth-order valence-corrected chi connectivity index (χ4v) is 4.48. The lowest BCUT2D eigenvalue weighted by Gasteiger charge is -2.26. The summed E-state index contributed by atoms with van der Waals surface area (Å²) in [5.41, 5.74) is 5.60. The second kappa shape index (κ2) is 9.37. The number of halogens is 2. The zero-order chi connectivity index (χ0) is 21.9. The van der Waals surface area contributed by atoms with E-state index in [1.807, 2.05) is 41.1 Å². The van der Waals surface area contributed by atoms with Gasteiger partial charge in [-0.2, -0.15) is 0 Å². The molecule has 0 spiro atoms. The molecule has 0 amide bonds. The fourth-order valence-electron chi connectivity index (χ4n) is 4.19. The number of hydrogen-bond donors (Lipinski definition) is 1. The van der Waals surface area contributed by atoms with Crippen molar-refractivity contribution >= 4 is 23.2 Å². The minimum Gasteiger partial charge on any atom is -0.477 e. The quantitative estimate of drug-likeness (QED) is 0.354. The Morgan fingerprint density at radius 1 is 0.938 bits per heavy atom. The van der Waals surface area contributed by atoms with E-state index in [0.717, 1.165) is 36.3 Å². The highest BCUT2D eigenvalue weighted by molar-refractivity contribution is 6.42. The molecule has 2 heterocycles. The average Bonchev–Trinajstić information content (AvgIpc) is 3.26. The van der Waals surface area contributed by atoms with Crippen molar-refractivity contribution in [1.82, 2.24) is 15.1 Å². The highest BCUT2D eigenvalue weighted by atomic mass is 35.5. The largest absolute Gasteiger partial charge is 0.477 e. The van der Waals surface area contributed by atoms with Crippen LogP contribution in [-0.2, 0) is 6.42 Å². The molecule has 0 bridgehead atoms. The third-order valence-corrected chi connectivity index (χ3v) is 6.52. The van der Waals surface area contributed by atoms with Crippen LogP contribution in [0.15, 0.2) is 78.9 Å². The molecule has 32 heavy (non-hydrogen) atoms. The van der Waals surface area contributed by atoms with Gasteiger partial charge in [0.15, 0.2) is 0 Å². The number of hydrogen-bond acceptors (Lipinski definition) is 3. The maximum atomic E-state index is 6.27. The average molecular weight is 464 g/mol. The molecule has 1 aliphatic rings. The van der Waals surface area contributed by atoms with Gasteiger partial charge in [0.25, 0.3) is 0 Å². The first kappa shape index (κ1) is 21.1. The number of nitrogens with one attached hydrogen (secondary N) is 1. The molecule has 1 aliphatic heterocycles. The van der Waals surface area contributed by atoms with E-state index in [1.54, 1.807) is 6.07 Å². The summed E-state index contributed by atoms with van der Waals surface area (Å²) in [6, 6.07) is 26.5. The Hall–Kier alpha value is -2.79. The van der Waals surface area contributed by atoms with Crippen LogP contribution in [0.5, 0.6) is 5.88 Å².